The van der Waals surface area contributed by atoms with Crippen LogP contribution >= 0.6 is 11.8 Å². The normalized spacial score (nSPS) is 12.0. The lowest BCUT2D eigenvalue weighted by molar-refractivity contribution is -0.127. The lowest BCUT2D eigenvalue weighted by Gasteiger charge is -2.18. The Bertz CT molecular complexity index is 643. The van der Waals surface area contributed by atoms with Crippen LogP contribution in [0.1, 0.15) is 32.3 Å². The molecule has 0 heterocycles. The highest BCUT2D eigenvalue weighted by atomic mass is 32.2. The standard InChI is InChI=1S/C20H25NO2S/c1-15(2)18-11-7-8-12-19(18)23-16(3)20(22)21-13-14-24-17-9-5-4-6-10-17/h4-12,15-16H,13-14H2,1-3H3,(H,21,22)/t16-/m1/s1. The zero-order valence-electron chi connectivity index (χ0n) is 14.5. The van der Waals surface area contributed by atoms with Gasteiger partial charge in [-0.2, -0.15) is 0 Å². The van der Waals surface area contributed by atoms with Crippen LogP contribution in [-0.2, 0) is 4.79 Å². The summed E-state index contributed by atoms with van der Waals surface area (Å²) in [6, 6.07) is 18.1. The number of carbonyl (C=O) groups excluding carboxylic acids is 1. The summed E-state index contributed by atoms with van der Waals surface area (Å²) in [5.74, 6) is 1.90. The van der Waals surface area contributed by atoms with Crippen LogP contribution in [0, 0.1) is 0 Å². The molecule has 1 atom stereocenters. The zero-order chi connectivity index (χ0) is 17.4. The summed E-state index contributed by atoms with van der Waals surface area (Å²) in [6.45, 7) is 6.65. The van der Waals surface area contributed by atoms with Crippen molar-refractivity contribution < 1.29 is 9.53 Å². The van der Waals surface area contributed by atoms with Crippen molar-refractivity contribution in [2.45, 2.75) is 37.7 Å². The second-order valence-corrected chi connectivity index (χ2v) is 7.07. The first-order valence-electron chi connectivity index (χ1n) is 8.29. The molecular formula is C20H25NO2S. The van der Waals surface area contributed by atoms with Crippen LogP contribution in [-0.4, -0.2) is 24.3 Å². The molecule has 128 valence electrons. The number of benzene rings is 2. The molecule has 0 saturated carbocycles. The van der Waals surface area contributed by atoms with E-state index in [0.717, 1.165) is 17.1 Å². The van der Waals surface area contributed by atoms with E-state index in [4.69, 9.17) is 4.74 Å². The fourth-order valence-corrected chi connectivity index (χ4v) is 3.10. The first-order chi connectivity index (χ1) is 11.6. The van der Waals surface area contributed by atoms with Gasteiger partial charge in [0.1, 0.15) is 5.75 Å². The number of hydrogen-bond donors (Lipinski definition) is 1. The number of thioether (sulfide) groups is 1. The van der Waals surface area contributed by atoms with E-state index in [1.54, 1.807) is 18.7 Å². The van der Waals surface area contributed by atoms with Crippen molar-refractivity contribution in [2.75, 3.05) is 12.3 Å². The predicted octanol–water partition coefficient (Wildman–Crippen LogP) is 4.49. The number of nitrogens with one attached hydrogen (secondary N) is 1. The quantitative estimate of drug-likeness (QED) is 0.567. The van der Waals surface area contributed by atoms with E-state index in [-0.39, 0.29) is 5.91 Å². The van der Waals surface area contributed by atoms with Gasteiger partial charge < -0.3 is 10.1 Å². The summed E-state index contributed by atoms with van der Waals surface area (Å²) in [5, 5.41) is 2.94. The Balaban J connectivity index is 1.78. The minimum Gasteiger partial charge on any atom is -0.481 e. The Labute approximate surface area is 148 Å². The van der Waals surface area contributed by atoms with E-state index < -0.39 is 6.10 Å². The zero-order valence-corrected chi connectivity index (χ0v) is 15.3. The summed E-state index contributed by atoms with van der Waals surface area (Å²) < 4.78 is 5.87. The third-order valence-electron chi connectivity index (χ3n) is 3.63. The van der Waals surface area contributed by atoms with Crippen molar-refractivity contribution in [2.24, 2.45) is 0 Å². The number of para-hydroxylation sites is 1. The van der Waals surface area contributed by atoms with E-state index >= 15 is 0 Å². The van der Waals surface area contributed by atoms with Crippen molar-refractivity contribution in [3.05, 3.63) is 60.2 Å². The highest BCUT2D eigenvalue weighted by Gasteiger charge is 2.16. The van der Waals surface area contributed by atoms with E-state index in [9.17, 15) is 4.79 Å². The maximum absolute atomic E-state index is 12.2. The van der Waals surface area contributed by atoms with Crippen molar-refractivity contribution in [3.8, 4) is 5.75 Å². The molecule has 0 bridgehead atoms. The number of rotatable bonds is 8. The van der Waals surface area contributed by atoms with E-state index in [1.807, 2.05) is 42.5 Å². The summed E-state index contributed by atoms with van der Waals surface area (Å²) >= 11 is 1.73. The summed E-state index contributed by atoms with van der Waals surface area (Å²) in [5.41, 5.74) is 1.12. The molecule has 0 aliphatic heterocycles. The molecule has 3 nitrogen and oxygen atoms in total. The van der Waals surface area contributed by atoms with Gasteiger partial charge in [0.05, 0.1) is 0 Å². The third kappa shape index (κ3) is 5.60. The molecule has 0 aliphatic carbocycles. The molecule has 4 heteroatoms. The Morgan fingerprint density at radius 2 is 1.71 bits per heavy atom. The highest BCUT2D eigenvalue weighted by molar-refractivity contribution is 7.99. The fraction of sp³-hybridized carbons (Fsp3) is 0.350. The Kier molecular flexibility index (Phi) is 7.19. The lowest BCUT2D eigenvalue weighted by Crippen LogP contribution is -2.37. The van der Waals surface area contributed by atoms with E-state index in [0.29, 0.717) is 12.5 Å². The topological polar surface area (TPSA) is 38.3 Å². The van der Waals surface area contributed by atoms with Gasteiger partial charge >= 0.3 is 0 Å². The maximum atomic E-state index is 12.2. The number of carbonyl (C=O) groups is 1. The first-order valence-corrected chi connectivity index (χ1v) is 9.27. The van der Waals surface area contributed by atoms with Crippen LogP contribution in [0.25, 0.3) is 0 Å². The third-order valence-corrected chi connectivity index (χ3v) is 4.64. The largest absolute Gasteiger partial charge is 0.481 e. The fourth-order valence-electron chi connectivity index (χ4n) is 2.31. The number of amides is 1. The second kappa shape index (κ2) is 9.38. The molecule has 2 aromatic carbocycles. The van der Waals surface area contributed by atoms with Gasteiger partial charge in [0.15, 0.2) is 6.10 Å². The van der Waals surface area contributed by atoms with Crippen LogP contribution in [0.5, 0.6) is 5.75 Å². The molecule has 2 rings (SSSR count). The van der Waals surface area contributed by atoms with Gasteiger partial charge in [-0.05, 0) is 36.6 Å². The monoisotopic (exact) mass is 343 g/mol. The van der Waals surface area contributed by atoms with Crippen molar-refractivity contribution >= 4 is 17.7 Å². The lowest BCUT2D eigenvalue weighted by atomic mass is 10.0. The predicted molar refractivity (Wildman–Crippen MR) is 101 cm³/mol. The summed E-state index contributed by atoms with van der Waals surface area (Å²) in [6.07, 6.45) is -0.508. The number of ether oxygens (including phenoxy) is 1. The van der Waals surface area contributed by atoms with Crippen molar-refractivity contribution in [1.82, 2.24) is 5.32 Å². The van der Waals surface area contributed by atoms with Crippen molar-refractivity contribution in [3.63, 3.8) is 0 Å². The maximum Gasteiger partial charge on any atom is 0.260 e. The first kappa shape index (κ1) is 18.4. The molecule has 0 saturated heterocycles. The molecule has 0 unspecified atom stereocenters. The average Bonchev–Trinajstić information content (AvgIpc) is 2.59. The van der Waals surface area contributed by atoms with Gasteiger partial charge in [-0.3, -0.25) is 4.79 Å². The molecule has 0 aromatic heterocycles. The van der Waals surface area contributed by atoms with Crippen LogP contribution in [0.2, 0.25) is 0 Å². The van der Waals surface area contributed by atoms with Gasteiger partial charge in [0.25, 0.3) is 5.91 Å². The SMILES string of the molecule is CC(C)c1ccccc1O[C@H](C)C(=O)NCCSc1ccccc1. The van der Waals surface area contributed by atoms with Gasteiger partial charge in [-0.15, -0.1) is 11.8 Å². The van der Waals surface area contributed by atoms with E-state index in [1.165, 1.54) is 4.90 Å². The Morgan fingerprint density at radius 3 is 2.42 bits per heavy atom. The van der Waals surface area contributed by atoms with Crippen LogP contribution < -0.4 is 10.1 Å². The molecular weight excluding hydrogens is 318 g/mol. The Hall–Kier alpha value is -1.94. The van der Waals surface area contributed by atoms with Crippen LogP contribution in [0.3, 0.4) is 0 Å². The number of hydrogen-bond acceptors (Lipinski definition) is 3. The van der Waals surface area contributed by atoms with E-state index in [2.05, 4.69) is 31.3 Å². The molecule has 0 fully saturated rings. The minimum absolute atomic E-state index is 0.0813. The smallest absolute Gasteiger partial charge is 0.260 e. The Morgan fingerprint density at radius 1 is 1.04 bits per heavy atom. The van der Waals surface area contributed by atoms with Crippen LogP contribution in [0.4, 0.5) is 0 Å². The molecule has 1 N–H and O–H groups in total. The van der Waals surface area contributed by atoms with Gasteiger partial charge in [0.2, 0.25) is 0 Å². The molecule has 0 radical (unpaired) electrons. The van der Waals surface area contributed by atoms with Gasteiger partial charge in [0, 0.05) is 17.2 Å². The molecule has 24 heavy (non-hydrogen) atoms. The molecule has 0 aliphatic rings. The van der Waals surface area contributed by atoms with Crippen molar-refractivity contribution in [1.29, 1.82) is 0 Å². The average molecular weight is 343 g/mol. The summed E-state index contributed by atoms with van der Waals surface area (Å²) in [4.78, 5) is 13.4. The molecule has 1 amide bonds. The molecule has 2 aromatic rings. The second-order valence-electron chi connectivity index (χ2n) is 5.91. The summed E-state index contributed by atoms with van der Waals surface area (Å²) in [7, 11) is 0. The molecule has 0 spiro atoms. The van der Waals surface area contributed by atoms with Crippen LogP contribution in [0.15, 0.2) is 59.5 Å². The van der Waals surface area contributed by atoms with Gasteiger partial charge in [-0.25, -0.2) is 0 Å². The highest BCUT2D eigenvalue weighted by Crippen LogP contribution is 2.26. The minimum atomic E-state index is -0.508. The van der Waals surface area contributed by atoms with Gasteiger partial charge in [-0.1, -0.05) is 50.2 Å².